The molecule has 0 saturated carbocycles. The number of aromatic nitrogens is 1. The summed E-state index contributed by atoms with van der Waals surface area (Å²) in [6.07, 6.45) is -0.223. The van der Waals surface area contributed by atoms with Crippen LogP contribution in [0.1, 0.15) is 32.0 Å². The van der Waals surface area contributed by atoms with Crippen molar-refractivity contribution in [2.75, 3.05) is 25.0 Å². The highest BCUT2D eigenvalue weighted by Crippen LogP contribution is 2.32. The van der Waals surface area contributed by atoms with Gasteiger partial charge in [0.1, 0.15) is 5.60 Å². The van der Waals surface area contributed by atoms with Crippen molar-refractivity contribution in [3.8, 4) is 0 Å². The molecule has 130 valence electrons. The molecule has 1 N–H and O–H groups in total. The quantitative estimate of drug-likeness (QED) is 0.910. The third-order valence-corrected chi connectivity index (χ3v) is 4.56. The minimum absolute atomic E-state index is 0.223. The smallest absolute Gasteiger partial charge is 0.410 e. The van der Waals surface area contributed by atoms with E-state index >= 15 is 0 Å². The standard InChI is InChI=1S/C19H27N3O2/c1-12-7-8-16(15-9-13(2)20-17(12)15)21(6)14-10-22(11-14)18(23)24-19(3,4)5/h7-9,14,20H,10-11H2,1-6H3. The van der Waals surface area contributed by atoms with Gasteiger partial charge in [0, 0.05) is 36.9 Å². The first kappa shape index (κ1) is 16.7. The molecule has 0 bridgehead atoms. The maximum absolute atomic E-state index is 12.1. The maximum atomic E-state index is 12.1. The van der Waals surface area contributed by atoms with Gasteiger partial charge in [-0.15, -0.1) is 0 Å². The molecule has 0 spiro atoms. The Labute approximate surface area is 143 Å². The van der Waals surface area contributed by atoms with Crippen LogP contribution in [0.4, 0.5) is 10.5 Å². The number of hydrogen-bond donors (Lipinski definition) is 1. The van der Waals surface area contributed by atoms with E-state index in [0.29, 0.717) is 19.1 Å². The number of anilines is 1. The summed E-state index contributed by atoms with van der Waals surface area (Å²) in [6.45, 7) is 11.3. The van der Waals surface area contributed by atoms with E-state index in [1.165, 1.54) is 22.2 Å². The van der Waals surface area contributed by atoms with E-state index in [1.54, 1.807) is 4.90 Å². The molecule has 0 aliphatic carbocycles. The van der Waals surface area contributed by atoms with Gasteiger partial charge in [-0.05, 0) is 52.3 Å². The number of H-pyrrole nitrogens is 1. The van der Waals surface area contributed by atoms with Gasteiger partial charge in [-0.3, -0.25) is 0 Å². The topological polar surface area (TPSA) is 48.6 Å². The number of rotatable bonds is 2. The highest BCUT2D eigenvalue weighted by Gasteiger charge is 2.36. The zero-order valence-corrected chi connectivity index (χ0v) is 15.4. The third kappa shape index (κ3) is 3.07. The molecule has 2 aromatic rings. The van der Waals surface area contributed by atoms with Gasteiger partial charge < -0.3 is 19.5 Å². The Hall–Kier alpha value is -2.17. The largest absolute Gasteiger partial charge is 0.444 e. The van der Waals surface area contributed by atoms with E-state index < -0.39 is 5.60 Å². The normalized spacial score (nSPS) is 15.5. The Balaban J connectivity index is 1.72. The van der Waals surface area contributed by atoms with Gasteiger partial charge in [-0.1, -0.05) is 6.07 Å². The minimum atomic E-state index is -0.445. The molecule has 1 saturated heterocycles. The number of aromatic amines is 1. The number of nitrogens with one attached hydrogen (secondary N) is 1. The number of likely N-dealkylation sites (tertiary alicyclic amines) is 1. The van der Waals surface area contributed by atoms with Crippen LogP contribution in [0.5, 0.6) is 0 Å². The number of benzene rings is 1. The summed E-state index contributed by atoms with van der Waals surface area (Å²) in [5.41, 5.74) is 4.37. The van der Waals surface area contributed by atoms with Crippen molar-refractivity contribution in [2.24, 2.45) is 0 Å². The summed E-state index contributed by atoms with van der Waals surface area (Å²) >= 11 is 0. The second-order valence-corrected chi connectivity index (χ2v) is 7.79. The molecule has 1 amide bonds. The molecule has 1 fully saturated rings. The van der Waals surface area contributed by atoms with Gasteiger partial charge in [0.05, 0.1) is 11.6 Å². The van der Waals surface area contributed by atoms with Crippen molar-refractivity contribution >= 4 is 22.7 Å². The average molecular weight is 329 g/mol. The molecular formula is C19H27N3O2. The summed E-state index contributed by atoms with van der Waals surface area (Å²) in [5, 5.41) is 1.24. The average Bonchev–Trinajstić information content (AvgIpc) is 2.77. The SMILES string of the molecule is Cc1cc2c(N(C)C3CN(C(=O)OC(C)(C)C)C3)ccc(C)c2[nH]1. The lowest BCUT2D eigenvalue weighted by Gasteiger charge is -2.45. The molecule has 24 heavy (non-hydrogen) atoms. The van der Waals surface area contributed by atoms with Crippen LogP contribution in [0.15, 0.2) is 18.2 Å². The lowest BCUT2D eigenvalue weighted by Crippen LogP contribution is -2.61. The fourth-order valence-corrected chi connectivity index (χ4v) is 3.16. The predicted molar refractivity (Wildman–Crippen MR) is 97.8 cm³/mol. The van der Waals surface area contributed by atoms with E-state index in [2.05, 4.69) is 49.0 Å². The predicted octanol–water partition coefficient (Wildman–Crippen LogP) is 3.84. The lowest BCUT2D eigenvalue weighted by molar-refractivity contribution is 0.00854. The lowest BCUT2D eigenvalue weighted by atomic mass is 10.0. The number of hydrogen-bond acceptors (Lipinski definition) is 3. The highest BCUT2D eigenvalue weighted by atomic mass is 16.6. The van der Waals surface area contributed by atoms with Crippen molar-refractivity contribution in [1.29, 1.82) is 0 Å². The van der Waals surface area contributed by atoms with Gasteiger partial charge in [0.25, 0.3) is 0 Å². The monoisotopic (exact) mass is 329 g/mol. The van der Waals surface area contributed by atoms with Crippen LogP contribution < -0.4 is 4.90 Å². The van der Waals surface area contributed by atoms with Crippen molar-refractivity contribution in [3.05, 3.63) is 29.5 Å². The maximum Gasteiger partial charge on any atom is 0.410 e. The van der Waals surface area contributed by atoms with E-state index in [9.17, 15) is 4.79 Å². The first-order valence-corrected chi connectivity index (χ1v) is 8.45. The van der Waals surface area contributed by atoms with Crippen LogP contribution in [0.25, 0.3) is 10.9 Å². The molecule has 0 unspecified atom stereocenters. The number of ether oxygens (including phenoxy) is 1. The van der Waals surface area contributed by atoms with Gasteiger partial charge in [-0.2, -0.15) is 0 Å². The van der Waals surface area contributed by atoms with Crippen LogP contribution in [-0.4, -0.2) is 47.8 Å². The molecule has 0 atom stereocenters. The molecule has 0 radical (unpaired) electrons. The van der Waals surface area contributed by atoms with Crippen LogP contribution >= 0.6 is 0 Å². The second-order valence-electron chi connectivity index (χ2n) is 7.79. The Kier molecular flexibility index (Phi) is 3.98. The fourth-order valence-electron chi connectivity index (χ4n) is 3.16. The number of carbonyl (C=O) groups is 1. The Morgan fingerprint density at radius 2 is 1.96 bits per heavy atom. The summed E-state index contributed by atoms with van der Waals surface area (Å²) in [6, 6.07) is 6.83. The number of fused-ring (bicyclic) bond motifs is 1. The van der Waals surface area contributed by atoms with Crippen LogP contribution in [0.3, 0.4) is 0 Å². The molecule has 1 aliphatic heterocycles. The first-order valence-electron chi connectivity index (χ1n) is 8.45. The number of amides is 1. The van der Waals surface area contributed by atoms with Crippen LogP contribution in [-0.2, 0) is 4.74 Å². The number of nitrogens with zero attached hydrogens (tertiary/aromatic N) is 2. The summed E-state index contributed by atoms with van der Waals surface area (Å²) in [4.78, 5) is 19.6. The van der Waals surface area contributed by atoms with Gasteiger partial charge in [0.2, 0.25) is 0 Å². The van der Waals surface area contributed by atoms with Crippen LogP contribution in [0, 0.1) is 13.8 Å². The van der Waals surface area contributed by atoms with E-state index in [4.69, 9.17) is 4.74 Å². The summed E-state index contributed by atoms with van der Waals surface area (Å²) < 4.78 is 5.43. The molecular weight excluding hydrogens is 302 g/mol. The zero-order chi connectivity index (χ0) is 17.6. The number of likely N-dealkylation sites (N-methyl/N-ethyl adjacent to an activating group) is 1. The van der Waals surface area contributed by atoms with E-state index in [1.807, 2.05) is 20.8 Å². The highest BCUT2D eigenvalue weighted by molar-refractivity contribution is 5.95. The molecule has 5 heteroatoms. The second kappa shape index (κ2) is 5.72. The van der Waals surface area contributed by atoms with Crippen molar-refractivity contribution in [2.45, 2.75) is 46.3 Å². The molecule has 1 aliphatic rings. The Morgan fingerprint density at radius 1 is 1.29 bits per heavy atom. The van der Waals surface area contributed by atoms with Crippen LogP contribution in [0.2, 0.25) is 0 Å². The fraction of sp³-hybridized carbons (Fsp3) is 0.526. The Bertz CT molecular complexity index is 767. The van der Waals surface area contributed by atoms with Gasteiger partial charge >= 0.3 is 6.09 Å². The molecule has 3 rings (SSSR count). The number of carbonyl (C=O) groups excluding carboxylic acids is 1. The van der Waals surface area contributed by atoms with E-state index in [0.717, 1.165) is 5.69 Å². The van der Waals surface area contributed by atoms with Gasteiger partial charge in [0.15, 0.2) is 0 Å². The molecule has 5 nitrogen and oxygen atoms in total. The van der Waals surface area contributed by atoms with Crippen molar-refractivity contribution in [3.63, 3.8) is 0 Å². The molecule has 1 aromatic heterocycles. The molecule has 2 heterocycles. The zero-order valence-electron chi connectivity index (χ0n) is 15.4. The summed E-state index contributed by atoms with van der Waals surface area (Å²) in [5.74, 6) is 0. The third-order valence-electron chi connectivity index (χ3n) is 4.56. The van der Waals surface area contributed by atoms with E-state index in [-0.39, 0.29) is 6.09 Å². The summed E-state index contributed by atoms with van der Waals surface area (Å²) in [7, 11) is 2.10. The van der Waals surface area contributed by atoms with Gasteiger partial charge in [-0.25, -0.2) is 4.79 Å². The van der Waals surface area contributed by atoms with Crippen molar-refractivity contribution < 1.29 is 9.53 Å². The molecule has 1 aromatic carbocycles. The Morgan fingerprint density at radius 3 is 2.58 bits per heavy atom. The minimum Gasteiger partial charge on any atom is -0.444 e. The number of aryl methyl sites for hydroxylation is 2. The first-order chi connectivity index (χ1) is 11.2. The van der Waals surface area contributed by atoms with Crippen molar-refractivity contribution in [1.82, 2.24) is 9.88 Å².